The summed E-state index contributed by atoms with van der Waals surface area (Å²) in [5, 5.41) is 0. The summed E-state index contributed by atoms with van der Waals surface area (Å²) in [4.78, 5) is 0. The molecule has 18 heavy (non-hydrogen) atoms. The summed E-state index contributed by atoms with van der Waals surface area (Å²) in [5.74, 6) is 0. The first kappa shape index (κ1) is 17.0. The second kappa shape index (κ2) is 8.16. The van der Waals surface area contributed by atoms with Crippen molar-refractivity contribution in [2.24, 2.45) is 0 Å². The van der Waals surface area contributed by atoms with Crippen LogP contribution in [0.1, 0.15) is 27.7 Å². The Labute approximate surface area is 111 Å². The monoisotopic (exact) mass is 258 g/mol. The highest BCUT2D eigenvalue weighted by atomic mass is 16.6. The Balaban J connectivity index is 3.57. The van der Waals surface area contributed by atoms with E-state index in [1.807, 2.05) is 27.7 Å². The first-order valence-electron chi connectivity index (χ1n) is 6.06. The molecule has 0 N–H and O–H groups in total. The van der Waals surface area contributed by atoms with E-state index in [4.69, 9.17) is 18.9 Å². The van der Waals surface area contributed by atoms with E-state index in [2.05, 4.69) is 13.2 Å². The van der Waals surface area contributed by atoms with Crippen molar-refractivity contribution in [3.63, 3.8) is 0 Å². The first-order valence-corrected chi connectivity index (χ1v) is 6.06. The lowest BCUT2D eigenvalue weighted by Gasteiger charge is -2.25. The van der Waals surface area contributed by atoms with Gasteiger partial charge in [0.15, 0.2) is 0 Å². The molecule has 0 aromatic carbocycles. The molecule has 0 rings (SSSR count). The lowest BCUT2D eigenvalue weighted by atomic mass is 10.1. The molecule has 0 aliphatic heterocycles. The predicted octanol–water partition coefficient (Wildman–Crippen LogP) is 2.90. The van der Waals surface area contributed by atoms with Crippen molar-refractivity contribution in [3.05, 3.63) is 25.7 Å². The minimum absolute atomic E-state index is 0.354. The van der Waals surface area contributed by atoms with Crippen LogP contribution in [0.3, 0.4) is 0 Å². The van der Waals surface area contributed by atoms with Gasteiger partial charge < -0.3 is 18.9 Å². The first-order chi connectivity index (χ1) is 8.33. The van der Waals surface area contributed by atoms with Gasteiger partial charge in [0, 0.05) is 0 Å². The third-order valence-electron chi connectivity index (χ3n) is 2.08. The van der Waals surface area contributed by atoms with Gasteiger partial charge in [-0.25, -0.2) is 0 Å². The highest BCUT2D eigenvalue weighted by Gasteiger charge is 2.19. The summed E-state index contributed by atoms with van der Waals surface area (Å²) in [6.07, 6.45) is 2.85. The van der Waals surface area contributed by atoms with Crippen LogP contribution in [0.25, 0.3) is 0 Å². The fourth-order valence-corrected chi connectivity index (χ4v) is 1.27. The molecule has 0 atom stereocenters. The molecule has 0 saturated heterocycles. The largest absolute Gasteiger partial charge is 0.494 e. The summed E-state index contributed by atoms with van der Waals surface area (Å²) in [6.45, 7) is 16.8. The number of rotatable bonds is 11. The summed E-state index contributed by atoms with van der Waals surface area (Å²) >= 11 is 0. The third kappa shape index (κ3) is 9.07. The zero-order valence-corrected chi connectivity index (χ0v) is 12.0. The molecular formula is C14H26O4. The van der Waals surface area contributed by atoms with Crippen LogP contribution in [-0.4, -0.2) is 37.6 Å². The fourth-order valence-electron chi connectivity index (χ4n) is 1.27. The smallest absolute Gasteiger partial charge is 0.126 e. The van der Waals surface area contributed by atoms with Crippen molar-refractivity contribution in [2.45, 2.75) is 38.9 Å². The van der Waals surface area contributed by atoms with E-state index >= 15 is 0 Å². The SMILES string of the molecule is C=COC(C)(C)COCCOCC(C)(C)OC=C. The molecule has 4 heteroatoms. The van der Waals surface area contributed by atoms with Crippen LogP contribution in [0.4, 0.5) is 0 Å². The molecule has 0 unspecified atom stereocenters. The number of hydrogen-bond acceptors (Lipinski definition) is 4. The van der Waals surface area contributed by atoms with Crippen LogP contribution in [0.5, 0.6) is 0 Å². The quantitative estimate of drug-likeness (QED) is 0.422. The van der Waals surface area contributed by atoms with Gasteiger partial charge >= 0.3 is 0 Å². The Kier molecular flexibility index (Phi) is 7.71. The fraction of sp³-hybridized carbons (Fsp3) is 0.714. The van der Waals surface area contributed by atoms with E-state index in [9.17, 15) is 0 Å². The van der Waals surface area contributed by atoms with Gasteiger partial charge in [0.1, 0.15) is 11.2 Å². The Morgan fingerprint density at radius 1 is 0.778 bits per heavy atom. The van der Waals surface area contributed by atoms with E-state index in [1.165, 1.54) is 12.5 Å². The van der Waals surface area contributed by atoms with E-state index in [1.54, 1.807) is 0 Å². The molecular weight excluding hydrogens is 232 g/mol. The standard InChI is InChI=1S/C14H26O4/c1-7-17-13(3,4)11-15-9-10-16-12-14(5,6)18-8-2/h7-8H,1-2,9-12H2,3-6H3. The zero-order valence-electron chi connectivity index (χ0n) is 12.0. The molecule has 0 aliphatic carbocycles. The van der Waals surface area contributed by atoms with Crippen LogP contribution in [0.2, 0.25) is 0 Å². The van der Waals surface area contributed by atoms with Gasteiger partial charge in [-0.15, -0.1) is 0 Å². The highest BCUT2D eigenvalue weighted by molar-refractivity contribution is 4.72. The molecule has 0 saturated carbocycles. The lowest BCUT2D eigenvalue weighted by molar-refractivity contribution is -0.0666. The van der Waals surface area contributed by atoms with Crippen molar-refractivity contribution in [2.75, 3.05) is 26.4 Å². The molecule has 0 bridgehead atoms. The van der Waals surface area contributed by atoms with Crippen LogP contribution in [-0.2, 0) is 18.9 Å². The molecule has 0 radical (unpaired) electrons. The topological polar surface area (TPSA) is 36.9 Å². The van der Waals surface area contributed by atoms with Gasteiger partial charge in [-0.3, -0.25) is 0 Å². The summed E-state index contributed by atoms with van der Waals surface area (Å²) < 4.78 is 21.5. The average molecular weight is 258 g/mol. The van der Waals surface area contributed by atoms with E-state index in [0.29, 0.717) is 26.4 Å². The second-order valence-corrected chi connectivity index (χ2v) is 5.19. The van der Waals surface area contributed by atoms with Crippen molar-refractivity contribution in [3.8, 4) is 0 Å². The Morgan fingerprint density at radius 2 is 1.11 bits per heavy atom. The van der Waals surface area contributed by atoms with Gasteiger partial charge in [0.25, 0.3) is 0 Å². The maximum absolute atomic E-state index is 5.47. The molecule has 4 nitrogen and oxygen atoms in total. The number of hydrogen-bond donors (Lipinski definition) is 0. The summed E-state index contributed by atoms with van der Waals surface area (Å²) in [5.41, 5.74) is -0.708. The van der Waals surface area contributed by atoms with Gasteiger partial charge in [-0.1, -0.05) is 13.2 Å². The maximum atomic E-state index is 5.47. The van der Waals surface area contributed by atoms with Gasteiger partial charge in [-0.05, 0) is 27.7 Å². The van der Waals surface area contributed by atoms with E-state index < -0.39 is 0 Å². The number of ether oxygens (including phenoxy) is 4. The van der Waals surface area contributed by atoms with Crippen LogP contribution >= 0.6 is 0 Å². The summed E-state index contributed by atoms with van der Waals surface area (Å²) in [6, 6.07) is 0. The maximum Gasteiger partial charge on any atom is 0.126 e. The minimum atomic E-state index is -0.354. The molecule has 0 fully saturated rings. The molecule has 0 amide bonds. The zero-order chi connectivity index (χ0) is 14.1. The molecule has 0 heterocycles. The van der Waals surface area contributed by atoms with Crippen molar-refractivity contribution >= 4 is 0 Å². The van der Waals surface area contributed by atoms with E-state index in [0.717, 1.165) is 0 Å². The Bertz CT molecular complexity index is 220. The normalized spacial score (nSPS) is 12.0. The average Bonchev–Trinajstić information content (AvgIpc) is 2.22. The molecule has 0 aliphatic rings. The van der Waals surface area contributed by atoms with Gasteiger partial charge in [0.2, 0.25) is 0 Å². The summed E-state index contributed by atoms with van der Waals surface area (Å²) in [7, 11) is 0. The minimum Gasteiger partial charge on any atom is -0.494 e. The van der Waals surface area contributed by atoms with Crippen LogP contribution < -0.4 is 0 Å². The molecule has 0 aromatic rings. The van der Waals surface area contributed by atoms with Gasteiger partial charge in [-0.2, -0.15) is 0 Å². The highest BCUT2D eigenvalue weighted by Crippen LogP contribution is 2.11. The van der Waals surface area contributed by atoms with Crippen molar-refractivity contribution in [1.82, 2.24) is 0 Å². The van der Waals surface area contributed by atoms with Crippen LogP contribution in [0.15, 0.2) is 25.7 Å². The van der Waals surface area contributed by atoms with Gasteiger partial charge in [0.05, 0.1) is 39.0 Å². The van der Waals surface area contributed by atoms with Crippen molar-refractivity contribution in [1.29, 1.82) is 0 Å². The van der Waals surface area contributed by atoms with E-state index in [-0.39, 0.29) is 11.2 Å². The molecule has 0 spiro atoms. The van der Waals surface area contributed by atoms with Crippen molar-refractivity contribution < 1.29 is 18.9 Å². The Morgan fingerprint density at radius 3 is 1.39 bits per heavy atom. The molecule has 0 aromatic heterocycles. The molecule has 106 valence electrons. The predicted molar refractivity (Wildman–Crippen MR) is 72.4 cm³/mol. The Hall–Kier alpha value is -1.00. The lowest BCUT2D eigenvalue weighted by Crippen LogP contribution is -2.31. The second-order valence-electron chi connectivity index (χ2n) is 5.19. The van der Waals surface area contributed by atoms with Crippen LogP contribution in [0, 0.1) is 0 Å². The third-order valence-corrected chi connectivity index (χ3v) is 2.08.